The lowest BCUT2D eigenvalue weighted by Crippen LogP contribution is -2.30. The van der Waals surface area contributed by atoms with E-state index in [4.69, 9.17) is 9.47 Å². The minimum Gasteiger partial charge on any atom is -0.495 e. The van der Waals surface area contributed by atoms with Gasteiger partial charge in [0.05, 0.1) is 19.2 Å². The van der Waals surface area contributed by atoms with Gasteiger partial charge in [0.1, 0.15) is 5.75 Å². The molecule has 0 aliphatic carbocycles. The highest BCUT2D eigenvalue weighted by Crippen LogP contribution is 2.23. The number of ether oxygens (including phenoxy) is 2. The van der Waals surface area contributed by atoms with Crippen molar-refractivity contribution in [1.82, 2.24) is 0 Å². The summed E-state index contributed by atoms with van der Waals surface area (Å²) in [4.78, 5) is 25.1. The van der Waals surface area contributed by atoms with E-state index in [1.54, 1.807) is 36.9 Å². The maximum atomic E-state index is 12.2. The molecule has 0 spiro atoms. The van der Waals surface area contributed by atoms with Gasteiger partial charge in [-0.25, -0.2) is 0 Å². The molecule has 0 saturated heterocycles. The van der Waals surface area contributed by atoms with E-state index in [9.17, 15) is 9.59 Å². The number of hydrogen-bond donors (Lipinski definition) is 1. The van der Waals surface area contributed by atoms with Crippen molar-refractivity contribution in [2.75, 3.05) is 18.2 Å². The number of esters is 1. The van der Waals surface area contributed by atoms with E-state index in [-0.39, 0.29) is 6.42 Å². The van der Waals surface area contributed by atoms with Crippen LogP contribution >= 0.6 is 11.8 Å². The molecule has 2 aromatic carbocycles. The Morgan fingerprint density at radius 3 is 2.48 bits per heavy atom. The summed E-state index contributed by atoms with van der Waals surface area (Å²) in [5.74, 6) is 0.359. The lowest BCUT2D eigenvalue weighted by atomic mass is 10.2. The number of para-hydroxylation sites is 2. The van der Waals surface area contributed by atoms with Gasteiger partial charge >= 0.3 is 5.97 Å². The highest BCUT2D eigenvalue weighted by atomic mass is 32.2. The van der Waals surface area contributed by atoms with Crippen molar-refractivity contribution < 1.29 is 19.1 Å². The van der Waals surface area contributed by atoms with Crippen LogP contribution < -0.4 is 10.1 Å². The molecule has 0 radical (unpaired) electrons. The average Bonchev–Trinajstić information content (AvgIpc) is 2.63. The lowest BCUT2D eigenvalue weighted by molar-refractivity contribution is -0.152. The molecule has 0 heterocycles. The first-order chi connectivity index (χ1) is 12.1. The third-order valence-electron chi connectivity index (χ3n) is 3.36. The molecular weight excluding hydrogens is 338 g/mol. The summed E-state index contributed by atoms with van der Waals surface area (Å²) in [5, 5.41) is 2.70. The van der Waals surface area contributed by atoms with Crippen LogP contribution in [0.1, 0.15) is 13.3 Å². The monoisotopic (exact) mass is 359 g/mol. The molecule has 1 atom stereocenters. The van der Waals surface area contributed by atoms with Gasteiger partial charge in [0.15, 0.2) is 6.10 Å². The standard InChI is InChI=1S/C19H21NO4S/c1-14(19(22)20-16-10-6-7-11-17(16)23-2)24-18(21)12-13-25-15-8-4-3-5-9-15/h3-11,14H,12-13H2,1-2H3,(H,20,22)/t14-/m0/s1. The van der Waals surface area contributed by atoms with Gasteiger partial charge in [0.25, 0.3) is 5.91 Å². The lowest BCUT2D eigenvalue weighted by Gasteiger charge is -2.15. The Morgan fingerprint density at radius 2 is 1.76 bits per heavy atom. The summed E-state index contributed by atoms with van der Waals surface area (Å²) in [6.07, 6.45) is -0.634. The fourth-order valence-corrected chi connectivity index (χ4v) is 2.91. The zero-order valence-corrected chi connectivity index (χ0v) is 15.0. The highest BCUT2D eigenvalue weighted by molar-refractivity contribution is 7.99. The Hall–Kier alpha value is -2.47. The predicted octanol–water partition coefficient (Wildman–Crippen LogP) is 3.75. The maximum Gasteiger partial charge on any atom is 0.307 e. The molecule has 0 unspecified atom stereocenters. The third kappa shape index (κ3) is 6.15. The van der Waals surface area contributed by atoms with Crippen molar-refractivity contribution in [3.63, 3.8) is 0 Å². The molecule has 0 aromatic heterocycles. The van der Waals surface area contributed by atoms with Crippen LogP contribution in [0, 0.1) is 0 Å². The van der Waals surface area contributed by atoms with Gasteiger partial charge in [-0.2, -0.15) is 0 Å². The Bertz CT molecular complexity index is 706. The summed E-state index contributed by atoms with van der Waals surface area (Å²) in [5.41, 5.74) is 0.539. The van der Waals surface area contributed by atoms with E-state index >= 15 is 0 Å². The van der Waals surface area contributed by atoms with E-state index in [1.165, 1.54) is 7.11 Å². The second-order valence-electron chi connectivity index (χ2n) is 5.23. The normalized spacial score (nSPS) is 11.4. The second kappa shape index (κ2) is 9.74. The second-order valence-corrected chi connectivity index (χ2v) is 6.40. The zero-order chi connectivity index (χ0) is 18.1. The summed E-state index contributed by atoms with van der Waals surface area (Å²) < 4.78 is 10.4. The number of benzene rings is 2. The van der Waals surface area contributed by atoms with Crippen LogP contribution in [0.5, 0.6) is 5.75 Å². The van der Waals surface area contributed by atoms with E-state index in [0.29, 0.717) is 17.2 Å². The van der Waals surface area contributed by atoms with Crippen molar-refractivity contribution in [2.24, 2.45) is 0 Å². The fraction of sp³-hybridized carbons (Fsp3) is 0.263. The van der Waals surface area contributed by atoms with Crippen LogP contribution in [0.15, 0.2) is 59.5 Å². The molecule has 5 nitrogen and oxygen atoms in total. The number of methoxy groups -OCH3 is 1. The van der Waals surface area contributed by atoms with Gasteiger partial charge in [-0.3, -0.25) is 9.59 Å². The number of amides is 1. The van der Waals surface area contributed by atoms with Gasteiger partial charge in [0.2, 0.25) is 0 Å². The number of nitrogens with one attached hydrogen (secondary N) is 1. The molecule has 0 saturated carbocycles. The molecule has 0 aliphatic heterocycles. The van der Waals surface area contributed by atoms with Crippen molar-refractivity contribution in [3.8, 4) is 5.75 Å². The van der Waals surface area contributed by atoms with Crippen molar-refractivity contribution in [2.45, 2.75) is 24.3 Å². The first-order valence-corrected chi connectivity index (χ1v) is 8.90. The molecule has 0 aliphatic rings. The Morgan fingerprint density at radius 1 is 1.08 bits per heavy atom. The Balaban J connectivity index is 1.77. The van der Waals surface area contributed by atoms with Crippen molar-refractivity contribution >= 4 is 29.3 Å². The van der Waals surface area contributed by atoms with Crippen LogP contribution in [-0.2, 0) is 14.3 Å². The Kier molecular flexibility index (Phi) is 7.35. The summed E-state index contributed by atoms with van der Waals surface area (Å²) in [6.45, 7) is 1.55. The van der Waals surface area contributed by atoms with Crippen molar-refractivity contribution in [3.05, 3.63) is 54.6 Å². The molecule has 2 rings (SSSR count). The van der Waals surface area contributed by atoms with Crippen LogP contribution in [0.4, 0.5) is 5.69 Å². The third-order valence-corrected chi connectivity index (χ3v) is 4.37. The first kappa shape index (κ1) is 18.9. The number of hydrogen-bond acceptors (Lipinski definition) is 5. The number of thioether (sulfide) groups is 1. The molecule has 0 fully saturated rings. The summed E-state index contributed by atoms with van der Waals surface area (Å²) >= 11 is 1.57. The number of carbonyl (C=O) groups is 2. The quantitative estimate of drug-likeness (QED) is 0.574. The highest BCUT2D eigenvalue weighted by Gasteiger charge is 2.19. The topological polar surface area (TPSA) is 64.6 Å². The van der Waals surface area contributed by atoms with Crippen molar-refractivity contribution in [1.29, 1.82) is 0 Å². The molecule has 132 valence electrons. The van der Waals surface area contributed by atoms with E-state index in [1.807, 2.05) is 36.4 Å². The smallest absolute Gasteiger partial charge is 0.307 e. The molecule has 0 bridgehead atoms. The number of anilines is 1. The van der Waals surface area contributed by atoms with E-state index < -0.39 is 18.0 Å². The summed E-state index contributed by atoms with van der Waals surface area (Å²) in [6, 6.07) is 16.9. The Labute approximate surface area is 151 Å². The minimum atomic E-state index is -0.876. The van der Waals surface area contributed by atoms with Crippen LogP contribution in [-0.4, -0.2) is 30.8 Å². The molecular formula is C19H21NO4S. The predicted molar refractivity (Wildman–Crippen MR) is 99.0 cm³/mol. The van der Waals surface area contributed by atoms with Gasteiger partial charge < -0.3 is 14.8 Å². The van der Waals surface area contributed by atoms with Crippen LogP contribution in [0.3, 0.4) is 0 Å². The van der Waals surface area contributed by atoms with E-state index in [0.717, 1.165) is 4.90 Å². The SMILES string of the molecule is COc1ccccc1NC(=O)[C@H](C)OC(=O)CCSc1ccccc1. The van der Waals surface area contributed by atoms with Gasteiger partial charge in [0, 0.05) is 10.6 Å². The molecule has 25 heavy (non-hydrogen) atoms. The van der Waals surface area contributed by atoms with Gasteiger partial charge in [-0.15, -0.1) is 11.8 Å². The number of carbonyl (C=O) groups excluding carboxylic acids is 2. The molecule has 2 aromatic rings. The van der Waals surface area contributed by atoms with Gasteiger partial charge in [-0.05, 0) is 31.2 Å². The minimum absolute atomic E-state index is 0.242. The maximum absolute atomic E-state index is 12.2. The van der Waals surface area contributed by atoms with E-state index in [2.05, 4.69) is 5.32 Å². The molecule has 1 N–H and O–H groups in total. The zero-order valence-electron chi connectivity index (χ0n) is 14.2. The summed E-state index contributed by atoms with van der Waals surface area (Å²) in [7, 11) is 1.53. The fourth-order valence-electron chi connectivity index (χ4n) is 2.06. The van der Waals surface area contributed by atoms with Crippen LogP contribution in [0.2, 0.25) is 0 Å². The van der Waals surface area contributed by atoms with Gasteiger partial charge in [-0.1, -0.05) is 30.3 Å². The largest absolute Gasteiger partial charge is 0.495 e. The molecule has 6 heteroatoms. The number of rotatable bonds is 8. The van der Waals surface area contributed by atoms with Crippen LogP contribution in [0.25, 0.3) is 0 Å². The first-order valence-electron chi connectivity index (χ1n) is 7.91. The average molecular weight is 359 g/mol. The molecule has 1 amide bonds.